The van der Waals surface area contributed by atoms with Gasteiger partial charge in [0.25, 0.3) is 0 Å². The monoisotopic (exact) mass is 333 g/mol. The Morgan fingerprint density at radius 2 is 2.08 bits per heavy atom. The average molecular weight is 333 g/mol. The lowest BCUT2D eigenvalue weighted by Crippen LogP contribution is -2.38. The molecule has 1 aliphatic rings. The number of carbonyl (C=O) groups excluding carboxylic acids is 1. The molecule has 0 radical (unpaired) electrons. The van der Waals surface area contributed by atoms with E-state index in [0.717, 1.165) is 30.6 Å². The van der Waals surface area contributed by atoms with E-state index < -0.39 is 0 Å². The van der Waals surface area contributed by atoms with Crippen LogP contribution in [0.25, 0.3) is 0 Å². The van der Waals surface area contributed by atoms with E-state index in [0.29, 0.717) is 26.2 Å². The first kappa shape index (κ1) is 18.9. The fourth-order valence-corrected chi connectivity index (χ4v) is 3.01. The van der Waals surface area contributed by atoms with Gasteiger partial charge in [0.1, 0.15) is 0 Å². The zero-order valence-electron chi connectivity index (χ0n) is 15.2. The summed E-state index contributed by atoms with van der Waals surface area (Å²) in [6, 6.07) is 8.09. The van der Waals surface area contributed by atoms with Crippen molar-refractivity contribution in [1.29, 1.82) is 0 Å². The highest BCUT2D eigenvalue weighted by atomic mass is 16.5. The number of nitrogens with zero attached hydrogens (tertiary/aromatic N) is 1. The molecule has 5 heteroatoms. The highest BCUT2D eigenvalue weighted by Crippen LogP contribution is 2.27. The van der Waals surface area contributed by atoms with Crippen molar-refractivity contribution in [3.63, 3.8) is 0 Å². The van der Waals surface area contributed by atoms with Gasteiger partial charge < -0.3 is 15.8 Å². The van der Waals surface area contributed by atoms with Crippen LogP contribution in [-0.2, 0) is 22.7 Å². The Labute approximate surface area is 145 Å². The first-order valence-electron chi connectivity index (χ1n) is 8.79. The number of hydrogen-bond acceptors (Lipinski definition) is 4. The first-order chi connectivity index (χ1) is 11.4. The summed E-state index contributed by atoms with van der Waals surface area (Å²) in [7, 11) is 0. The van der Waals surface area contributed by atoms with Crippen molar-refractivity contribution in [2.24, 2.45) is 11.1 Å². The maximum atomic E-state index is 12.2. The molecule has 1 fully saturated rings. The summed E-state index contributed by atoms with van der Waals surface area (Å²) >= 11 is 0. The van der Waals surface area contributed by atoms with Gasteiger partial charge in [-0.25, -0.2) is 0 Å². The van der Waals surface area contributed by atoms with Gasteiger partial charge in [-0.3, -0.25) is 9.69 Å². The Balaban J connectivity index is 1.82. The molecule has 1 aromatic rings. The van der Waals surface area contributed by atoms with Crippen LogP contribution in [0.4, 0.5) is 0 Å². The van der Waals surface area contributed by atoms with Gasteiger partial charge in [-0.2, -0.15) is 0 Å². The Hall–Kier alpha value is -1.43. The molecule has 0 saturated carbocycles. The second-order valence-electron chi connectivity index (χ2n) is 7.38. The largest absolute Gasteiger partial charge is 0.374 e. The molecule has 1 heterocycles. The standard InChI is InChI=1S/C19H31N3O2/c1-15(2)24-12-17-7-5-4-6-16(17)10-21-18(23)11-22-9-8-19(3,13-20)14-22/h4-7,15H,8-14,20H2,1-3H3,(H,21,23). The number of ether oxygens (including phenoxy) is 1. The zero-order chi connectivity index (χ0) is 17.6. The second kappa shape index (κ2) is 8.60. The van der Waals surface area contributed by atoms with Crippen molar-refractivity contribution in [3.8, 4) is 0 Å². The van der Waals surface area contributed by atoms with Crippen LogP contribution in [0.15, 0.2) is 24.3 Å². The predicted molar refractivity (Wildman–Crippen MR) is 96.4 cm³/mol. The zero-order valence-corrected chi connectivity index (χ0v) is 15.2. The molecule has 1 aromatic carbocycles. The molecule has 1 saturated heterocycles. The lowest BCUT2D eigenvalue weighted by molar-refractivity contribution is -0.122. The third-order valence-electron chi connectivity index (χ3n) is 4.66. The molecule has 0 aliphatic carbocycles. The molecule has 0 bridgehead atoms. The Morgan fingerprint density at radius 1 is 1.38 bits per heavy atom. The number of rotatable bonds is 8. The van der Waals surface area contributed by atoms with Gasteiger partial charge in [0.2, 0.25) is 5.91 Å². The van der Waals surface area contributed by atoms with Gasteiger partial charge >= 0.3 is 0 Å². The minimum atomic E-state index is 0.0656. The smallest absolute Gasteiger partial charge is 0.234 e. The van der Waals surface area contributed by atoms with E-state index in [2.05, 4.69) is 23.2 Å². The van der Waals surface area contributed by atoms with E-state index in [4.69, 9.17) is 10.5 Å². The fraction of sp³-hybridized carbons (Fsp3) is 0.632. The molecule has 0 spiro atoms. The van der Waals surface area contributed by atoms with Crippen LogP contribution in [0.2, 0.25) is 0 Å². The average Bonchev–Trinajstić information content (AvgIpc) is 2.93. The van der Waals surface area contributed by atoms with E-state index in [1.807, 2.05) is 32.0 Å². The number of benzene rings is 1. The molecule has 1 atom stereocenters. The van der Waals surface area contributed by atoms with E-state index in [1.54, 1.807) is 0 Å². The van der Waals surface area contributed by atoms with E-state index >= 15 is 0 Å². The molecule has 2 rings (SSSR count). The molecule has 24 heavy (non-hydrogen) atoms. The van der Waals surface area contributed by atoms with E-state index in [9.17, 15) is 4.79 Å². The fourth-order valence-electron chi connectivity index (χ4n) is 3.01. The van der Waals surface area contributed by atoms with Crippen molar-refractivity contribution >= 4 is 5.91 Å². The molecular weight excluding hydrogens is 302 g/mol. The highest BCUT2D eigenvalue weighted by molar-refractivity contribution is 5.78. The van der Waals surface area contributed by atoms with Gasteiger partial charge in [-0.05, 0) is 49.9 Å². The van der Waals surface area contributed by atoms with Crippen LogP contribution >= 0.6 is 0 Å². The van der Waals surface area contributed by atoms with Gasteiger partial charge in [-0.1, -0.05) is 31.2 Å². The molecule has 1 amide bonds. The van der Waals surface area contributed by atoms with Crippen molar-refractivity contribution < 1.29 is 9.53 Å². The van der Waals surface area contributed by atoms with Crippen molar-refractivity contribution in [2.45, 2.75) is 46.4 Å². The Kier molecular flexibility index (Phi) is 6.78. The molecule has 1 aliphatic heterocycles. The van der Waals surface area contributed by atoms with E-state index in [-0.39, 0.29) is 17.4 Å². The topological polar surface area (TPSA) is 67.6 Å². The summed E-state index contributed by atoms with van der Waals surface area (Å²) in [5.41, 5.74) is 8.22. The summed E-state index contributed by atoms with van der Waals surface area (Å²) in [4.78, 5) is 14.4. The Bertz CT molecular complexity index is 547. The summed E-state index contributed by atoms with van der Waals surface area (Å²) in [6.45, 7) is 10.3. The maximum Gasteiger partial charge on any atom is 0.234 e. The van der Waals surface area contributed by atoms with Crippen LogP contribution in [-0.4, -0.2) is 43.1 Å². The molecular formula is C19H31N3O2. The number of likely N-dealkylation sites (tertiary alicyclic amines) is 1. The van der Waals surface area contributed by atoms with Crippen LogP contribution in [0.1, 0.15) is 38.3 Å². The highest BCUT2D eigenvalue weighted by Gasteiger charge is 2.32. The third-order valence-corrected chi connectivity index (χ3v) is 4.66. The van der Waals surface area contributed by atoms with Crippen LogP contribution < -0.4 is 11.1 Å². The number of hydrogen-bond donors (Lipinski definition) is 2. The van der Waals surface area contributed by atoms with Gasteiger partial charge in [0.15, 0.2) is 0 Å². The van der Waals surface area contributed by atoms with Crippen molar-refractivity contribution in [1.82, 2.24) is 10.2 Å². The second-order valence-corrected chi connectivity index (χ2v) is 7.38. The summed E-state index contributed by atoms with van der Waals surface area (Å²) < 4.78 is 5.69. The summed E-state index contributed by atoms with van der Waals surface area (Å²) in [5.74, 6) is 0.0656. The number of nitrogens with two attached hydrogens (primary N) is 1. The van der Waals surface area contributed by atoms with E-state index in [1.165, 1.54) is 0 Å². The SMILES string of the molecule is CC(C)OCc1ccccc1CNC(=O)CN1CCC(C)(CN)C1. The molecule has 134 valence electrons. The quantitative estimate of drug-likeness (QED) is 0.762. The van der Waals surface area contributed by atoms with Gasteiger partial charge in [0, 0.05) is 13.1 Å². The summed E-state index contributed by atoms with van der Waals surface area (Å²) in [6.07, 6.45) is 1.26. The minimum Gasteiger partial charge on any atom is -0.374 e. The molecule has 0 aromatic heterocycles. The lowest BCUT2D eigenvalue weighted by Gasteiger charge is -2.22. The maximum absolute atomic E-state index is 12.2. The first-order valence-corrected chi connectivity index (χ1v) is 8.79. The number of carbonyl (C=O) groups is 1. The van der Waals surface area contributed by atoms with Crippen molar-refractivity contribution in [2.75, 3.05) is 26.2 Å². The molecule has 1 unspecified atom stereocenters. The van der Waals surface area contributed by atoms with Gasteiger partial charge in [-0.15, -0.1) is 0 Å². The Morgan fingerprint density at radius 3 is 2.71 bits per heavy atom. The van der Waals surface area contributed by atoms with Crippen LogP contribution in [0.5, 0.6) is 0 Å². The third kappa shape index (κ3) is 5.58. The van der Waals surface area contributed by atoms with Crippen LogP contribution in [0.3, 0.4) is 0 Å². The van der Waals surface area contributed by atoms with Gasteiger partial charge in [0.05, 0.1) is 19.3 Å². The minimum absolute atomic E-state index is 0.0656. The lowest BCUT2D eigenvalue weighted by atomic mass is 9.90. The van der Waals surface area contributed by atoms with Crippen molar-refractivity contribution in [3.05, 3.63) is 35.4 Å². The summed E-state index contributed by atoms with van der Waals surface area (Å²) in [5, 5.41) is 3.03. The number of nitrogens with one attached hydrogen (secondary N) is 1. The molecule has 5 nitrogen and oxygen atoms in total. The normalized spacial score (nSPS) is 21.4. The van der Waals surface area contributed by atoms with Crippen LogP contribution in [0, 0.1) is 5.41 Å². The molecule has 3 N–H and O–H groups in total. The number of amides is 1. The predicted octanol–water partition coefficient (Wildman–Crippen LogP) is 1.90.